The summed E-state index contributed by atoms with van der Waals surface area (Å²) in [5.41, 5.74) is 2.30. The van der Waals surface area contributed by atoms with E-state index >= 15 is 0 Å². The number of anilines is 2. The highest BCUT2D eigenvalue weighted by atomic mass is 35.5. The van der Waals surface area contributed by atoms with Gasteiger partial charge in [-0.25, -0.2) is 9.58 Å². The highest BCUT2D eigenvalue weighted by Crippen LogP contribution is 2.30. The maximum absolute atomic E-state index is 13.1. The van der Waals surface area contributed by atoms with Crippen LogP contribution in [0.1, 0.15) is 11.3 Å². The highest BCUT2D eigenvalue weighted by molar-refractivity contribution is 6.53. The number of carbonyl (C=O) groups is 2. The van der Waals surface area contributed by atoms with Gasteiger partial charge in [-0.3, -0.25) is 19.1 Å². The summed E-state index contributed by atoms with van der Waals surface area (Å²) in [6, 6.07) is 16.1. The fourth-order valence-corrected chi connectivity index (χ4v) is 3.66. The van der Waals surface area contributed by atoms with Gasteiger partial charge in [0.15, 0.2) is 0 Å². The zero-order valence-corrected chi connectivity index (χ0v) is 17.4. The quantitative estimate of drug-likeness (QED) is 0.655. The maximum Gasteiger partial charge on any atom is 0.295 e. The number of aryl methyl sites for hydroxylation is 1. The summed E-state index contributed by atoms with van der Waals surface area (Å²) < 4.78 is 3.15. The van der Waals surface area contributed by atoms with Crippen molar-refractivity contribution in [3.8, 4) is 5.69 Å². The van der Waals surface area contributed by atoms with Gasteiger partial charge in [-0.2, -0.15) is 0 Å². The molecular weight excluding hydrogens is 404 g/mol. The first-order chi connectivity index (χ1) is 14.3. The molecular formula is C22H19ClN4O3. The van der Waals surface area contributed by atoms with E-state index in [1.165, 1.54) is 4.68 Å². The van der Waals surface area contributed by atoms with E-state index in [0.717, 1.165) is 10.5 Å². The summed E-state index contributed by atoms with van der Waals surface area (Å²) in [6.07, 6.45) is 0. The lowest BCUT2D eigenvalue weighted by Gasteiger charge is -2.15. The number of hydrogen-bond donors (Lipinski definition) is 1. The van der Waals surface area contributed by atoms with Crippen molar-refractivity contribution in [2.24, 2.45) is 7.05 Å². The van der Waals surface area contributed by atoms with Crippen LogP contribution in [0, 0.1) is 13.8 Å². The van der Waals surface area contributed by atoms with Crippen molar-refractivity contribution in [2.45, 2.75) is 13.8 Å². The first-order valence-corrected chi connectivity index (χ1v) is 9.65. The van der Waals surface area contributed by atoms with Gasteiger partial charge in [0, 0.05) is 7.05 Å². The summed E-state index contributed by atoms with van der Waals surface area (Å²) in [5.74, 6) is -1.24. The van der Waals surface area contributed by atoms with E-state index in [4.69, 9.17) is 11.6 Å². The number of carbonyl (C=O) groups excluding carboxylic acids is 2. The first-order valence-electron chi connectivity index (χ1n) is 9.27. The van der Waals surface area contributed by atoms with Gasteiger partial charge in [0.1, 0.15) is 16.4 Å². The van der Waals surface area contributed by atoms with Gasteiger partial charge in [0.2, 0.25) is 0 Å². The van der Waals surface area contributed by atoms with Gasteiger partial charge in [0.25, 0.3) is 17.4 Å². The van der Waals surface area contributed by atoms with E-state index in [0.29, 0.717) is 17.1 Å². The van der Waals surface area contributed by atoms with Crippen LogP contribution in [0.3, 0.4) is 0 Å². The molecule has 0 aliphatic carbocycles. The number of benzene rings is 2. The number of aromatic nitrogens is 2. The topological polar surface area (TPSA) is 76.3 Å². The lowest BCUT2D eigenvalue weighted by Crippen LogP contribution is -2.32. The Bertz CT molecular complexity index is 1270. The van der Waals surface area contributed by atoms with Crippen LogP contribution in [0.2, 0.25) is 0 Å². The van der Waals surface area contributed by atoms with Crippen LogP contribution >= 0.6 is 11.6 Å². The van der Waals surface area contributed by atoms with Crippen molar-refractivity contribution in [3.05, 3.63) is 86.9 Å². The monoisotopic (exact) mass is 422 g/mol. The second-order valence-corrected chi connectivity index (χ2v) is 7.41. The van der Waals surface area contributed by atoms with E-state index in [-0.39, 0.29) is 22.0 Å². The Morgan fingerprint density at radius 1 is 0.867 bits per heavy atom. The largest absolute Gasteiger partial charge is 0.344 e. The van der Waals surface area contributed by atoms with Crippen LogP contribution in [-0.4, -0.2) is 21.2 Å². The van der Waals surface area contributed by atoms with Gasteiger partial charge >= 0.3 is 0 Å². The molecule has 0 radical (unpaired) electrons. The molecule has 1 aliphatic rings. The molecule has 0 saturated heterocycles. The average molecular weight is 423 g/mol. The number of para-hydroxylation sites is 1. The molecule has 8 heteroatoms. The SMILES string of the molecule is Cc1cccc(N2C(=O)C(Cl)=C(Nc3c(C)n(C)n(-c4ccccc4)c3=O)C2=O)c1. The molecule has 2 amide bonds. The third-order valence-electron chi connectivity index (χ3n) is 5.09. The Balaban J connectivity index is 1.74. The lowest BCUT2D eigenvalue weighted by atomic mass is 10.2. The van der Waals surface area contributed by atoms with Gasteiger partial charge in [-0.1, -0.05) is 41.9 Å². The molecule has 0 atom stereocenters. The molecule has 0 fully saturated rings. The van der Waals surface area contributed by atoms with E-state index in [1.54, 1.807) is 49.0 Å². The molecule has 0 saturated carbocycles. The molecule has 3 aromatic rings. The Kier molecular flexibility index (Phi) is 4.83. The molecule has 2 aromatic carbocycles. The fourth-order valence-electron chi connectivity index (χ4n) is 3.45. The number of rotatable bonds is 4. The Labute approximate surface area is 177 Å². The van der Waals surface area contributed by atoms with Crippen LogP contribution in [0.5, 0.6) is 0 Å². The molecule has 4 rings (SSSR count). The summed E-state index contributed by atoms with van der Waals surface area (Å²) in [5, 5.41) is 2.58. The van der Waals surface area contributed by atoms with Crippen molar-refractivity contribution in [3.63, 3.8) is 0 Å². The van der Waals surface area contributed by atoms with Crippen molar-refractivity contribution in [2.75, 3.05) is 10.2 Å². The normalized spacial score (nSPS) is 14.1. The van der Waals surface area contributed by atoms with Crippen LogP contribution < -0.4 is 15.8 Å². The molecule has 0 spiro atoms. The molecule has 1 N–H and O–H groups in total. The van der Waals surface area contributed by atoms with Crippen molar-refractivity contribution in [1.82, 2.24) is 9.36 Å². The Hall–Kier alpha value is -3.58. The maximum atomic E-state index is 13.1. The van der Waals surface area contributed by atoms with E-state index < -0.39 is 11.8 Å². The van der Waals surface area contributed by atoms with Crippen molar-refractivity contribution >= 4 is 34.8 Å². The third-order valence-corrected chi connectivity index (χ3v) is 5.44. The fraction of sp³-hybridized carbons (Fsp3) is 0.136. The van der Waals surface area contributed by atoms with E-state index in [2.05, 4.69) is 5.32 Å². The minimum atomic E-state index is -0.633. The van der Waals surface area contributed by atoms with E-state index in [9.17, 15) is 14.4 Å². The number of amides is 2. The summed E-state index contributed by atoms with van der Waals surface area (Å²) in [7, 11) is 1.74. The van der Waals surface area contributed by atoms with Gasteiger partial charge in [-0.05, 0) is 43.7 Å². The standard InChI is InChI=1S/C22H19ClN4O3/c1-13-8-7-11-16(12-13)26-20(28)17(23)19(21(26)29)24-18-14(2)25(3)27(22(18)30)15-9-5-4-6-10-15/h4-12,24H,1-3H3. The minimum Gasteiger partial charge on any atom is -0.344 e. The molecule has 1 aliphatic heterocycles. The number of imide groups is 1. The molecule has 30 heavy (non-hydrogen) atoms. The van der Waals surface area contributed by atoms with Crippen LogP contribution in [0.15, 0.2) is 70.1 Å². The van der Waals surface area contributed by atoms with Crippen molar-refractivity contribution in [1.29, 1.82) is 0 Å². The zero-order chi connectivity index (χ0) is 21.6. The molecule has 7 nitrogen and oxygen atoms in total. The van der Waals surface area contributed by atoms with Crippen molar-refractivity contribution < 1.29 is 9.59 Å². The van der Waals surface area contributed by atoms with Gasteiger partial charge in [-0.15, -0.1) is 0 Å². The predicted molar refractivity (Wildman–Crippen MR) is 116 cm³/mol. The summed E-state index contributed by atoms with van der Waals surface area (Å²) >= 11 is 6.22. The molecule has 152 valence electrons. The minimum absolute atomic E-state index is 0.116. The second-order valence-electron chi connectivity index (χ2n) is 7.04. The van der Waals surface area contributed by atoms with Crippen LogP contribution in [0.4, 0.5) is 11.4 Å². The third kappa shape index (κ3) is 3.04. The van der Waals surface area contributed by atoms with Crippen LogP contribution in [-0.2, 0) is 16.6 Å². The lowest BCUT2D eigenvalue weighted by molar-refractivity contribution is -0.120. The first kappa shape index (κ1) is 19.7. The Morgan fingerprint density at radius 3 is 2.20 bits per heavy atom. The smallest absolute Gasteiger partial charge is 0.295 e. The number of halogens is 1. The summed E-state index contributed by atoms with van der Waals surface area (Å²) in [4.78, 5) is 39.8. The number of hydrogen-bond acceptors (Lipinski definition) is 4. The number of nitrogens with zero attached hydrogens (tertiary/aromatic N) is 3. The molecule has 0 unspecified atom stereocenters. The molecule has 2 heterocycles. The molecule has 1 aromatic heterocycles. The van der Waals surface area contributed by atoms with E-state index in [1.807, 2.05) is 31.2 Å². The zero-order valence-electron chi connectivity index (χ0n) is 16.6. The van der Waals surface area contributed by atoms with Gasteiger partial charge in [0.05, 0.1) is 17.1 Å². The second kappa shape index (κ2) is 7.35. The van der Waals surface area contributed by atoms with Gasteiger partial charge < -0.3 is 5.32 Å². The number of nitrogens with one attached hydrogen (secondary N) is 1. The molecule has 0 bridgehead atoms. The highest BCUT2D eigenvalue weighted by Gasteiger charge is 2.39. The average Bonchev–Trinajstić information content (AvgIpc) is 3.07. The Morgan fingerprint density at radius 2 is 1.53 bits per heavy atom. The predicted octanol–water partition coefficient (Wildman–Crippen LogP) is 3.23. The summed E-state index contributed by atoms with van der Waals surface area (Å²) in [6.45, 7) is 3.61. The van der Waals surface area contributed by atoms with Crippen LogP contribution in [0.25, 0.3) is 5.69 Å².